The van der Waals surface area contributed by atoms with Gasteiger partial charge >= 0.3 is 26.4 Å². The Morgan fingerprint density at radius 3 is 1.33 bits per heavy atom. The van der Waals surface area contributed by atoms with Gasteiger partial charge in [0.1, 0.15) is 0 Å². The molecular weight excluding hydrogens is 230 g/mol. The zero-order valence-corrected chi connectivity index (χ0v) is 10.4. The topological polar surface area (TPSA) is 0 Å². The molecule has 0 saturated heterocycles. The first-order valence-electron chi connectivity index (χ1n) is 4.53. The van der Waals surface area contributed by atoms with Crippen LogP contribution in [0.25, 0.3) is 0 Å². The summed E-state index contributed by atoms with van der Waals surface area (Å²) in [6.07, 6.45) is 0. The van der Waals surface area contributed by atoms with Crippen molar-refractivity contribution in [2.75, 3.05) is 0 Å². The van der Waals surface area contributed by atoms with Crippen molar-refractivity contribution in [2.24, 2.45) is 0 Å². The van der Waals surface area contributed by atoms with Crippen molar-refractivity contribution in [3.05, 3.63) is 59.7 Å². The van der Waals surface area contributed by atoms with Crippen molar-refractivity contribution in [3.63, 3.8) is 0 Å². The number of hydrogen-bond donors (Lipinski definition) is 0. The average Bonchev–Trinajstić information content (AvgIpc) is 2.81. The molecule has 0 fully saturated rings. The predicted molar refractivity (Wildman–Crippen MR) is 55.8 cm³/mol. The van der Waals surface area contributed by atoms with Crippen LogP contribution in [0.5, 0.6) is 0 Å². The molecule has 0 amide bonds. The van der Waals surface area contributed by atoms with E-state index >= 15 is 0 Å². The Labute approximate surface area is 99.9 Å². The molecule has 2 aromatic carbocycles. The van der Waals surface area contributed by atoms with Crippen molar-refractivity contribution in [1.82, 2.24) is 0 Å². The molecule has 0 aliphatic rings. The van der Waals surface area contributed by atoms with Crippen LogP contribution in [0, 0.1) is 13.8 Å². The van der Waals surface area contributed by atoms with Gasteiger partial charge in [-0.15, -0.1) is 0 Å². The van der Waals surface area contributed by atoms with Gasteiger partial charge in [-0.05, 0) is 0 Å². The van der Waals surface area contributed by atoms with Crippen molar-refractivity contribution >= 4 is 0 Å². The molecule has 0 aliphatic heterocycles. The molecule has 3 heteroatoms. The van der Waals surface area contributed by atoms with E-state index in [1.165, 1.54) is 11.1 Å². The van der Waals surface area contributed by atoms with Crippen LogP contribution in [0.1, 0.15) is 11.1 Å². The normalized spacial score (nSPS) is 8.00. The molecule has 0 aliphatic carbocycles. The third-order valence-corrected chi connectivity index (χ3v) is 1.66. The fraction of sp³-hybridized carbons (Fsp3) is 0.167. The molecule has 0 spiro atoms. The van der Waals surface area contributed by atoms with Crippen LogP contribution in [0.3, 0.4) is 0 Å². The molecular formula is C12H14F2Ti-2. The summed E-state index contributed by atoms with van der Waals surface area (Å²) in [6, 6.07) is 16.5. The van der Waals surface area contributed by atoms with Crippen LogP contribution >= 0.6 is 0 Å². The van der Waals surface area contributed by atoms with Gasteiger partial charge in [-0.2, -0.15) is 36.4 Å². The first kappa shape index (κ1) is 14.3. The van der Waals surface area contributed by atoms with Crippen LogP contribution in [0.4, 0.5) is 6.18 Å². The average molecular weight is 244 g/mol. The SMILES string of the molecule is Cc1cc[cH-]c1.Cc1cc[cH-]c1.[F][Ti][F]. The Kier molecular flexibility index (Phi) is 9.34. The molecule has 82 valence electrons. The van der Waals surface area contributed by atoms with Gasteiger partial charge in [0.15, 0.2) is 0 Å². The second-order valence-electron chi connectivity index (χ2n) is 3.00. The molecule has 0 nitrogen and oxygen atoms in total. The Bertz CT molecular complexity index is 266. The molecule has 0 aromatic heterocycles. The summed E-state index contributed by atoms with van der Waals surface area (Å²) in [5.41, 5.74) is 2.69. The van der Waals surface area contributed by atoms with E-state index in [-0.39, 0.29) is 0 Å². The predicted octanol–water partition coefficient (Wildman–Crippen LogP) is 4.27. The van der Waals surface area contributed by atoms with E-state index in [1.54, 1.807) is 0 Å². The van der Waals surface area contributed by atoms with Crippen LogP contribution in [-0.4, -0.2) is 0 Å². The van der Waals surface area contributed by atoms with E-state index in [9.17, 15) is 6.18 Å². The fourth-order valence-corrected chi connectivity index (χ4v) is 0.940. The van der Waals surface area contributed by atoms with Gasteiger partial charge in [0.2, 0.25) is 0 Å². The Balaban J connectivity index is 0.000000210. The second-order valence-corrected chi connectivity index (χ2v) is 3.22. The maximum atomic E-state index is 9.75. The van der Waals surface area contributed by atoms with Gasteiger partial charge in [-0.1, -0.05) is 13.8 Å². The van der Waals surface area contributed by atoms with Crippen molar-refractivity contribution < 1.29 is 26.4 Å². The molecule has 0 saturated carbocycles. The van der Waals surface area contributed by atoms with E-state index in [1.807, 2.05) is 24.3 Å². The van der Waals surface area contributed by atoms with Gasteiger partial charge in [0, 0.05) is 0 Å². The van der Waals surface area contributed by atoms with Gasteiger partial charge in [-0.25, -0.2) is 23.3 Å². The van der Waals surface area contributed by atoms with E-state index in [0.29, 0.717) is 0 Å². The summed E-state index contributed by atoms with van der Waals surface area (Å²) < 4.78 is 19.5. The molecule has 0 radical (unpaired) electrons. The molecule has 0 bridgehead atoms. The standard InChI is InChI=1S/2C6H7.2FH.Ti/c2*1-6-4-2-3-5-6;;;/h2*2-5H,1H3;2*1H;/q2*-1;;;+2/p-2. The van der Waals surface area contributed by atoms with Gasteiger partial charge in [0.05, 0.1) is 0 Å². The van der Waals surface area contributed by atoms with Crippen molar-refractivity contribution in [1.29, 1.82) is 0 Å². The fourth-order valence-electron chi connectivity index (χ4n) is 0.940. The van der Waals surface area contributed by atoms with Gasteiger partial charge < -0.3 is 0 Å². The number of aryl methyl sites for hydroxylation is 2. The molecule has 0 unspecified atom stereocenters. The minimum atomic E-state index is -2.50. The number of rotatable bonds is 0. The zero-order chi connectivity index (χ0) is 11.5. The van der Waals surface area contributed by atoms with Crippen LogP contribution in [0.15, 0.2) is 48.5 Å². The molecule has 0 atom stereocenters. The van der Waals surface area contributed by atoms with Gasteiger partial charge in [0.25, 0.3) is 0 Å². The Morgan fingerprint density at radius 2 is 1.27 bits per heavy atom. The summed E-state index contributed by atoms with van der Waals surface area (Å²) in [6.45, 7) is 4.17. The summed E-state index contributed by atoms with van der Waals surface area (Å²) in [7, 11) is 0. The van der Waals surface area contributed by atoms with E-state index < -0.39 is 20.2 Å². The van der Waals surface area contributed by atoms with Gasteiger partial charge in [-0.3, -0.25) is 0 Å². The minimum absolute atomic E-state index is 1.34. The Hall–Kier alpha value is -0.726. The summed E-state index contributed by atoms with van der Waals surface area (Å²) in [5.74, 6) is 0. The zero-order valence-electron chi connectivity index (χ0n) is 8.87. The summed E-state index contributed by atoms with van der Waals surface area (Å²) in [4.78, 5) is 0. The van der Waals surface area contributed by atoms with E-state index in [0.717, 1.165) is 0 Å². The van der Waals surface area contributed by atoms with Crippen LogP contribution < -0.4 is 0 Å². The third kappa shape index (κ3) is 9.58. The maximum absolute atomic E-state index is 9.75. The molecule has 0 N–H and O–H groups in total. The third-order valence-electron chi connectivity index (χ3n) is 1.66. The molecule has 2 aromatic rings. The van der Waals surface area contributed by atoms with Crippen LogP contribution in [-0.2, 0) is 20.2 Å². The van der Waals surface area contributed by atoms with Crippen LogP contribution in [0.2, 0.25) is 0 Å². The number of hydrogen-bond acceptors (Lipinski definition) is 0. The second kappa shape index (κ2) is 9.82. The quantitative estimate of drug-likeness (QED) is 0.479. The molecule has 0 heterocycles. The molecule has 2 rings (SSSR count). The first-order valence-corrected chi connectivity index (χ1v) is 5.71. The summed E-state index contributed by atoms with van der Waals surface area (Å²) in [5, 5.41) is 0. The monoisotopic (exact) mass is 244 g/mol. The number of halogens is 2. The van der Waals surface area contributed by atoms with Crippen molar-refractivity contribution in [3.8, 4) is 0 Å². The summed E-state index contributed by atoms with van der Waals surface area (Å²) >= 11 is -2.50. The van der Waals surface area contributed by atoms with Crippen molar-refractivity contribution in [2.45, 2.75) is 13.8 Å². The Morgan fingerprint density at radius 1 is 0.933 bits per heavy atom. The van der Waals surface area contributed by atoms with E-state index in [2.05, 4.69) is 38.1 Å². The first-order chi connectivity index (χ1) is 7.20. The van der Waals surface area contributed by atoms with E-state index in [4.69, 9.17) is 0 Å². The molecule has 15 heavy (non-hydrogen) atoms.